The molecule has 1 amide bonds. The van der Waals surface area contributed by atoms with Gasteiger partial charge in [0.05, 0.1) is 13.2 Å². The van der Waals surface area contributed by atoms with Gasteiger partial charge in [-0.3, -0.25) is 4.79 Å². The maximum absolute atomic E-state index is 11.9. The van der Waals surface area contributed by atoms with Crippen LogP contribution in [0.4, 0.5) is 0 Å². The number of carbonyl (C=O) groups is 1. The number of hydrazone groups is 1. The van der Waals surface area contributed by atoms with Crippen LogP contribution in [0.15, 0.2) is 17.2 Å². The Morgan fingerprint density at radius 2 is 1.79 bits per heavy atom. The van der Waals surface area contributed by atoms with E-state index >= 15 is 0 Å². The van der Waals surface area contributed by atoms with E-state index in [1.807, 2.05) is 27.7 Å². The largest absolute Gasteiger partial charge is 0.489 e. The van der Waals surface area contributed by atoms with Crippen molar-refractivity contribution < 1.29 is 9.53 Å². The summed E-state index contributed by atoms with van der Waals surface area (Å²) in [4.78, 5) is 11.9. The highest BCUT2D eigenvalue weighted by molar-refractivity contribution is 14.1. The molecule has 0 spiro atoms. The average Bonchev–Trinajstić information content (AvgIpc) is 2.30. The van der Waals surface area contributed by atoms with E-state index in [4.69, 9.17) is 4.74 Å². The Kier molecular flexibility index (Phi) is 6.51. The summed E-state index contributed by atoms with van der Waals surface area (Å²) in [5.74, 6) is 0.607. The third-order valence-electron chi connectivity index (χ3n) is 2.00. The van der Waals surface area contributed by atoms with Crippen LogP contribution in [0.25, 0.3) is 0 Å². The van der Waals surface area contributed by atoms with Crippen molar-refractivity contribution in [2.24, 2.45) is 5.10 Å². The van der Waals surface area contributed by atoms with Crippen LogP contribution in [0.3, 0.4) is 0 Å². The van der Waals surface area contributed by atoms with Crippen LogP contribution in [-0.2, 0) is 0 Å². The lowest BCUT2D eigenvalue weighted by Gasteiger charge is -2.14. The van der Waals surface area contributed by atoms with Crippen LogP contribution < -0.4 is 10.2 Å². The molecule has 0 aromatic heterocycles. The SMILES string of the molecule is CC(C)=NNC(=O)c1cc(I)c(OC(C)C)c(I)c1. The van der Waals surface area contributed by atoms with Gasteiger partial charge in [0.25, 0.3) is 5.91 Å². The van der Waals surface area contributed by atoms with Gasteiger partial charge in [-0.1, -0.05) is 0 Å². The molecule has 19 heavy (non-hydrogen) atoms. The van der Waals surface area contributed by atoms with Gasteiger partial charge in [-0.05, 0) is 85.0 Å². The number of amides is 1. The van der Waals surface area contributed by atoms with Gasteiger partial charge in [-0.15, -0.1) is 0 Å². The first-order valence-corrected chi connectivity index (χ1v) is 7.94. The molecule has 6 heteroatoms. The lowest BCUT2D eigenvalue weighted by molar-refractivity contribution is 0.0954. The molecule has 4 nitrogen and oxygen atoms in total. The zero-order valence-electron chi connectivity index (χ0n) is 11.3. The first-order valence-electron chi connectivity index (χ1n) is 5.78. The number of rotatable bonds is 4. The van der Waals surface area contributed by atoms with E-state index in [1.165, 1.54) is 0 Å². The van der Waals surface area contributed by atoms with E-state index in [9.17, 15) is 4.79 Å². The van der Waals surface area contributed by atoms with Crippen molar-refractivity contribution in [3.8, 4) is 5.75 Å². The van der Waals surface area contributed by atoms with Gasteiger partial charge >= 0.3 is 0 Å². The van der Waals surface area contributed by atoms with Crippen molar-refractivity contribution in [1.82, 2.24) is 5.43 Å². The van der Waals surface area contributed by atoms with Gasteiger partial charge in [0.15, 0.2) is 0 Å². The van der Waals surface area contributed by atoms with Gasteiger partial charge in [0.1, 0.15) is 5.75 Å². The monoisotopic (exact) mass is 486 g/mol. The molecule has 0 saturated heterocycles. The summed E-state index contributed by atoms with van der Waals surface area (Å²) in [6.45, 7) is 7.61. The van der Waals surface area contributed by atoms with E-state index in [2.05, 4.69) is 55.7 Å². The Morgan fingerprint density at radius 3 is 2.21 bits per heavy atom. The lowest BCUT2D eigenvalue weighted by atomic mass is 10.2. The van der Waals surface area contributed by atoms with Crippen LogP contribution in [-0.4, -0.2) is 17.7 Å². The molecule has 0 aliphatic rings. The summed E-state index contributed by atoms with van der Waals surface area (Å²) in [6.07, 6.45) is 0.106. The molecule has 0 unspecified atom stereocenters. The average molecular weight is 486 g/mol. The molecule has 0 saturated carbocycles. The minimum absolute atomic E-state index is 0.106. The highest BCUT2D eigenvalue weighted by atomic mass is 127. The summed E-state index contributed by atoms with van der Waals surface area (Å²) in [5.41, 5.74) is 3.90. The second kappa shape index (κ2) is 7.41. The number of carbonyl (C=O) groups excluding carboxylic acids is 1. The normalized spacial score (nSPS) is 10.3. The van der Waals surface area contributed by atoms with E-state index < -0.39 is 0 Å². The molecule has 1 N–H and O–H groups in total. The topological polar surface area (TPSA) is 50.7 Å². The lowest BCUT2D eigenvalue weighted by Crippen LogP contribution is -2.19. The highest BCUT2D eigenvalue weighted by Crippen LogP contribution is 2.29. The van der Waals surface area contributed by atoms with Crippen LogP contribution in [0.2, 0.25) is 0 Å². The zero-order chi connectivity index (χ0) is 14.6. The fourth-order valence-corrected chi connectivity index (χ4v) is 3.29. The number of hydrogen-bond acceptors (Lipinski definition) is 3. The molecular weight excluding hydrogens is 470 g/mol. The minimum atomic E-state index is -0.215. The first-order chi connectivity index (χ1) is 8.81. The molecule has 1 aromatic rings. The molecule has 104 valence electrons. The number of ether oxygens (including phenoxy) is 1. The van der Waals surface area contributed by atoms with Gasteiger partial charge in [0, 0.05) is 11.3 Å². The first kappa shape index (κ1) is 16.7. The number of benzene rings is 1. The van der Waals surface area contributed by atoms with Crippen molar-refractivity contribution in [2.75, 3.05) is 0 Å². The van der Waals surface area contributed by atoms with Gasteiger partial charge in [0.2, 0.25) is 0 Å². The molecule has 0 heterocycles. The van der Waals surface area contributed by atoms with Crippen molar-refractivity contribution in [2.45, 2.75) is 33.8 Å². The van der Waals surface area contributed by atoms with Crippen LogP contribution in [0.1, 0.15) is 38.1 Å². The van der Waals surface area contributed by atoms with Crippen molar-refractivity contribution in [3.63, 3.8) is 0 Å². The quantitative estimate of drug-likeness (QED) is 0.400. The Labute approximate surface area is 140 Å². The van der Waals surface area contributed by atoms with Gasteiger partial charge < -0.3 is 4.74 Å². The Hall–Kier alpha value is -0.380. The Balaban J connectivity index is 3.00. The predicted octanol–water partition coefficient (Wildman–Crippen LogP) is 3.81. The van der Waals surface area contributed by atoms with Gasteiger partial charge in [-0.25, -0.2) is 5.43 Å². The van der Waals surface area contributed by atoms with E-state index in [1.54, 1.807) is 12.1 Å². The molecular formula is C13H16I2N2O2. The summed E-state index contributed by atoms with van der Waals surface area (Å²) >= 11 is 4.35. The molecule has 0 fully saturated rings. The third kappa shape index (κ3) is 5.25. The van der Waals surface area contributed by atoms with E-state index in [-0.39, 0.29) is 12.0 Å². The second-order valence-corrected chi connectivity index (χ2v) is 6.76. The predicted molar refractivity (Wildman–Crippen MR) is 93.9 cm³/mol. The zero-order valence-corrected chi connectivity index (χ0v) is 15.6. The van der Waals surface area contributed by atoms with Crippen LogP contribution >= 0.6 is 45.2 Å². The molecule has 0 radical (unpaired) electrons. The van der Waals surface area contributed by atoms with Crippen molar-refractivity contribution >= 4 is 56.8 Å². The number of halogens is 2. The number of hydrogen-bond donors (Lipinski definition) is 1. The van der Waals surface area contributed by atoms with E-state index in [0.29, 0.717) is 5.56 Å². The van der Waals surface area contributed by atoms with Crippen molar-refractivity contribution in [3.05, 3.63) is 24.8 Å². The fraction of sp³-hybridized carbons (Fsp3) is 0.385. The maximum Gasteiger partial charge on any atom is 0.271 e. The number of nitrogens with one attached hydrogen (secondary N) is 1. The third-order valence-corrected chi connectivity index (χ3v) is 3.60. The second-order valence-electron chi connectivity index (χ2n) is 4.44. The van der Waals surface area contributed by atoms with Gasteiger partial charge in [-0.2, -0.15) is 5.10 Å². The minimum Gasteiger partial charge on any atom is -0.489 e. The smallest absolute Gasteiger partial charge is 0.271 e. The molecule has 1 rings (SSSR count). The summed E-state index contributed by atoms with van der Waals surface area (Å²) < 4.78 is 7.57. The molecule has 0 aliphatic heterocycles. The Bertz CT molecular complexity index is 486. The standard InChI is InChI=1S/C13H16I2N2O2/c1-7(2)16-17-13(18)9-5-10(14)12(11(15)6-9)19-8(3)4/h5-6,8H,1-4H3,(H,17,18). The Morgan fingerprint density at radius 1 is 1.26 bits per heavy atom. The summed E-state index contributed by atoms with van der Waals surface area (Å²) in [7, 11) is 0. The maximum atomic E-state index is 11.9. The summed E-state index contributed by atoms with van der Waals surface area (Å²) in [5, 5.41) is 3.91. The molecule has 0 aliphatic carbocycles. The van der Waals surface area contributed by atoms with Crippen LogP contribution in [0, 0.1) is 7.14 Å². The number of nitrogens with zero attached hydrogens (tertiary/aromatic N) is 1. The van der Waals surface area contributed by atoms with Crippen molar-refractivity contribution in [1.29, 1.82) is 0 Å². The highest BCUT2D eigenvalue weighted by Gasteiger charge is 2.14. The molecule has 0 bridgehead atoms. The van der Waals surface area contributed by atoms with Crippen LogP contribution in [0.5, 0.6) is 5.75 Å². The van der Waals surface area contributed by atoms with E-state index in [0.717, 1.165) is 18.6 Å². The molecule has 1 aromatic carbocycles. The molecule has 0 atom stereocenters. The summed E-state index contributed by atoms with van der Waals surface area (Å²) in [6, 6.07) is 3.60. The fourth-order valence-electron chi connectivity index (χ4n) is 1.27.